The highest BCUT2D eigenvalue weighted by Gasteiger charge is 2.32. The van der Waals surface area contributed by atoms with Crippen LogP contribution in [0.5, 0.6) is 5.75 Å². The summed E-state index contributed by atoms with van der Waals surface area (Å²) in [5.74, 6) is -0.755. The Labute approximate surface area is 124 Å². The number of aliphatic hydroxyl groups is 2. The second-order valence-electron chi connectivity index (χ2n) is 3.82. The number of hydrogen-bond acceptors (Lipinski definition) is 6. The molecule has 0 aliphatic carbocycles. The molecule has 1 unspecified atom stereocenters. The molecule has 0 heterocycles. The number of halogens is 4. The van der Waals surface area contributed by atoms with Gasteiger partial charge in [-0.1, -0.05) is 0 Å². The van der Waals surface area contributed by atoms with Gasteiger partial charge in [0, 0.05) is 6.54 Å². The lowest BCUT2D eigenvalue weighted by molar-refractivity contribution is -0.384. The van der Waals surface area contributed by atoms with Crippen LogP contribution in [-0.2, 0) is 0 Å². The Balaban J connectivity index is 3.10. The molecule has 1 aromatic rings. The molecule has 11 heteroatoms. The molecule has 0 aliphatic rings. The minimum absolute atomic E-state index is 0.0545. The molecule has 1 rings (SSSR count). The highest BCUT2D eigenvalue weighted by molar-refractivity contribution is 9.10. The van der Waals surface area contributed by atoms with Crippen LogP contribution >= 0.6 is 15.9 Å². The molecule has 0 fully saturated rings. The minimum Gasteiger partial charge on any atom is -0.405 e. The summed E-state index contributed by atoms with van der Waals surface area (Å²) in [6.07, 6.45) is -6.15. The molecule has 21 heavy (non-hydrogen) atoms. The van der Waals surface area contributed by atoms with Gasteiger partial charge in [-0.3, -0.25) is 10.1 Å². The standard InChI is InChI=1S/C10H10BrF3N2O5/c11-7-1-6(21-10(12,13)14)2-8(16(19)20)9(7)15-3-5(18)4-17/h1-2,5,15,17-18H,3-4H2. The van der Waals surface area contributed by atoms with Crippen molar-refractivity contribution in [2.24, 2.45) is 0 Å². The van der Waals surface area contributed by atoms with Gasteiger partial charge >= 0.3 is 6.36 Å². The fraction of sp³-hybridized carbons (Fsp3) is 0.400. The van der Waals surface area contributed by atoms with Crippen molar-refractivity contribution in [1.29, 1.82) is 0 Å². The lowest BCUT2D eigenvalue weighted by atomic mass is 10.2. The number of alkyl halides is 3. The zero-order valence-electron chi connectivity index (χ0n) is 10.2. The molecule has 0 aromatic heterocycles. The molecule has 1 atom stereocenters. The first kappa shape index (κ1) is 17.5. The number of ether oxygens (including phenoxy) is 1. The first-order chi connectivity index (χ1) is 9.64. The molecule has 1 aromatic carbocycles. The Kier molecular flexibility index (Phi) is 5.75. The number of nitro benzene ring substituents is 1. The van der Waals surface area contributed by atoms with E-state index in [1.165, 1.54) is 0 Å². The maximum absolute atomic E-state index is 12.1. The number of nitrogens with zero attached hydrogens (tertiary/aromatic N) is 1. The summed E-state index contributed by atoms with van der Waals surface area (Å²) in [6, 6.07) is 1.50. The van der Waals surface area contributed by atoms with Crippen LogP contribution in [0.3, 0.4) is 0 Å². The van der Waals surface area contributed by atoms with Gasteiger partial charge in [0.15, 0.2) is 0 Å². The van der Waals surface area contributed by atoms with Gasteiger partial charge in [-0.25, -0.2) is 0 Å². The summed E-state index contributed by atoms with van der Waals surface area (Å²) >= 11 is 2.89. The zero-order chi connectivity index (χ0) is 16.2. The SMILES string of the molecule is O=[N+]([O-])c1cc(OC(F)(F)F)cc(Br)c1NCC(O)CO. The predicted molar refractivity (Wildman–Crippen MR) is 69.1 cm³/mol. The third-order valence-electron chi connectivity index (χ3n) is 2.20. The highest BCUT2D eigenvalue weighted by Crippen LogP contribution is 2.38. The second kappa shape index (κ2) is 6.91. The summed E-state index contributed by atoms with van der Waals surface area (Å²) in [7, 11) is 0. The van der Waals surface area contributed by atoms with Crippen molar-refractivity contribution >= 4 is 27.3 Å². The number of nitrogens with one attached hydrogen (secondary N) is 1. The average molecular weight is 375 g/mol. The van der Waals surface area contributed by atoms with Crippen LogP contribution in [-0.4, -0.2) is 40.8 Å². The number of nitro groups is 1. The van der Waals surface area contributed by atoms with Crippen molar-refractivity contribution in [3.63, 3.8) is 0 Å². The second-order valence-corrected chi connectivity index (χ2v) is 4.68. The molecule has 0 bridgehead atoms. The van der Waals surface area contributed by atoms with Gasteiger partial charge in [0.1, 0.15) is 11.4 Å². The van der Waals surface area contributed by atoms with Crippen LogP contribution in [0.2, 0.25) is 0 Å². The lowest BCUT2D eigenvalue weighted by Crippen LogP contribution is -2.23. The van der Waals surface area contributed by atoms with Crippen LogP contribution in [0.25, 0.3) is 0 Å². The van der Waals surface area contributed by atoms with E-state index in [4.69, 9.17) is 5.11 Å². The Morgan fingerprint density at radius 3 is 2.57 bits per heavy atom. The normalized spacial score (nSPS) is 12.9. The van der Waals surface area contributed by atoms with Gasteiger partial charge in [-0.05, 0) is 22.0 Å². The summed E-state index contributed by atoms with van der Waals surface area (Å²) in [6.45, 7) is -0.802. The van der Waals surface area contributed by atoms with Crippen molar-refractivity contribution in [1.82, 2.24) is 0 Å². The van der Waals surface area contributed by atoms with E-state index in [9.17, 15) is 28.4 Å². The van der Waals surface area contributed by atoms with Gasteiger partial charge in [-0.2, -0.15) is 0 Å². The number of benzene rings is 1. The first-order valence-electron chi connectivity index (χ1n) is 5.40. The van der Waals surface area contributed by atoms with Gasteiger partial charge in [0.2, 0.25) is 0 Å². The smallest absolute Gasteiger partial charge is 0.405 e. The molecule has 0 amide bonds. The Hall–Kier alpha value is -1.59. The van der Waals surface area contributed by atoms with Crippen molar-refractivity contribution in [3.05, 3.63) is 26.7 Å². The number of anilines is 1. The lowest BCUT2D eigenvalue weighted by Gasteiger charge is -2.14. The molecule has 3 N–H and O–H groups in total. The number of rotatable bonds is 6. The highest BCUT2D eigenvalue weighted by atomic mass is 79.9. The van der Waals surface area contributed by atoms with Gasteiger partial charge in [-0.15, -0.1) is 13.2 Å². The molecule has 118 valence electrons. The van der Waals surface area contributed by atoms with Crippen molar-refractivity contribution in [2.75, 3.05) is 18.5 Å². The van der Waals surface area contributed by atoms with Gasteiger partial charge in [0.05, 0.1) is 28.2 Å². The van der Waals surface area contributed by atoms with Crippen molar-refractivity contribution in [3.8, 4) is 5.75 Å². The number of aliphatic hydroxyl groups excluding tert-OH is 2. The van der Waals surface area contributed by atoms with E-state index >= 15 is 0 Å². The Bertz CT molecular complexity index is 526. The van der Waals surface area contributed by atoms with Crippen LogP contribution in [0.15, 0.2) is 16.6 Å². The monoisotopic (exact) mass is 374 g/mol. The van der Waals surface area contributed by atoms with E-state index in [1.54, 1.807) is 0 Å². The fourth-order valence-corrected chi connectivity index (χ4v) is 1.93. The third kappa shape index (κ3) is 5.36. The van der Waals surface area contributed by atoms with E-state index in [-0.39, 0.29) is 16.7 Å². The fourth-order valence-electron chi connectivity index (χ4n) is 1.36. The van der Waals surface area contributed by atoms with Crippen LogP contribution in [0.1, 0.15) is 0 Å². The van der Waals surface area contributed by atoms with E-state index in [0.717, 1.165) is 6.07 Å². The van der Waals surface area contributed by atoms with Crippen LogP contribution < -0.4 is 10.1 Å². The third-order valence-corrected chi connectivity index (χ3v) is 2.82. The molecular weight excluding hydrogens is 365 g/mol. The molecule has 0 aliphatic heterocycles. The summed E-state index contributed by atoms with van der Waals surface area (Å²) in [5.41, 5.74) is -0.809. The predicted octanol–water partition coefficient (Wildman–Crippen LogP) is 2.02. The molecule has 0 saturated carbocycles. The van der Waals surface area contributed by atoms with Gasteiger partial charge < -0.3 is 20.3 Å². The molecule has 0 spiro atoms. The summed E-state index contributed by atoms with van der Waals surface area (Å²) < 4.78 is 39.9. The van der Waals surface area contributed by atoms with E-state index in [1.807, 2.05) is 0 Å². The Morgan fingerprint density at radius 2 is 2.10 bits per heavy atom. The van der Waals surface area contributed by atoms with Crippen LogP contribution in [0, 0.1) is 10.1 Å². The maximum Gasteiger partial charge on any atom is 0.573 e. The topological polar surface area (TPSA) is 105 Å². The largest absolute Gasteiger partial charge is 0.573 e. The van der Waals surface area contributed by atoms with E-state index in [0.29, 0.717) is 6.07 Å². The quantitative estimate of drug-likeness (QED) is 0.519. The summed E-state index contributed by atoms with van der Waals surface area (Å²) in [4.78, 5) is 10.0. The first-order valence-corrected chi connectivity index (χ1v) is 6.20. The molecular formula is C10H10BrF3N2O5. The maximum atomic E-state index is 12.1. The molecule has 7 nitrogen and oxygen atoms in total. The Morgan fingerprint density at radius 1 is 1.48 bits per heavy atom. The summed E-state index contributed by atoms with van der Waals surface area (Å²) in [5, 5.41) is 31.2. The average Bonchev–Trinajstić information content (AvgIpc) is 2.34. The van der Waals surface area contributed by atoms with E-state index < -0.39 is 35.4 Å². The molecule has 0 saturated heterocycles. The van der Waals surface area contributed by atoms with Gasteiger partial charge in [0.25, 0.3) is 5.69 Å². The minimum atomic E-state index is -4.98. The van der Waals surface area contributed by atoms with Crippen molar-refractivity contribution in [2.45, 2.75) is 12.5 Å². The van der Waals surface area contributed by atoms with E-state index in [2.05, 4.69) is 26.0 Å². The van der Waals surface area contributed by atoms with Crippen molar-refractivity contribution < 1.29 is 33.0 Å². The number of hydrogen-bond donors (Lipinski definition) is 3. The zero-order valence-corrected chi connectivity index (χ0v) is 11.8. The van der Waals surface area contributed by atoms with Crippen LogP contribution in [0.4, 0.5) is 24.5 Å². The molecule has 0 radical (unpaired) electrons.